The zero-order valence-electron chi connectivity index (χ0n) is 32.3. The van der Waals surface area contributed by atoms with Crippen molar-refractivity contribution in [3.63, 3.8) is 0 Å². The molecule has 1 heterocycles. The molecule has 278 valence electrons. The minimum absolute atomic E-state index is 0.197. The van der Waals surface area contributed by atoms with Gasteiger partial charge >= 0.3 is 0 Å². The summed E-state index contributed by atoms with van der Waals surface area (Å²) in [4.78, 5) is 2.68. The zero-order chi connectivity index (χ0) is 39.1. The van der Waals surface area contributed by atoms with Gasteiger partial charge in [0.25, 0.3) is 0 Å². The second-order valence-corrected chi connectivity index (χ2v) is 17.1. The van der Waals surface area contributed by atoms with Gasteiger partial charge in [-0.3, -0.25) is 0 Å². The highest BCUT2D eigenvalue weighted by Crippen LogP contribution is 2.67. The van der Waals surface area contributed by atoms with Gasteiger partial charge in [0.2, 0.25) is 0 Å². The van der Waals surface area contributed by atoms with Gasteiger partial charge in [-0.15, -0.1) is 0 Å². The highest BCUT2D eigenvalue weighted by atomic mass is 32.2. The van der Waals surface area contributed by atoms with E-state index in [1.807, 2.05) is 23.9 Å². The summed E-state index contributed by atoms with van der Waals surface area (Å²) in [7, 11) is 0. The molecular weight excluding hydrogens is 731 g/mol. The van der Waals surface area contributed by atoms with Gasteiger partial charge in [-0.2, -0.15) is 0 Å². The fraction of sp³-hybridized carbons (Fsp3) is 0.0526. The molecule has 0 radical (unpaired) electrons. The fourth-order valence-corrected chi connectivity index (χ4v) is 12.1. The van der Waals surface area contributed by atoms with E-state index in [4.69, 9.17) is 5.73 Å². The lowest BCUT2D eigenvalue weighted by Crippen LogP contribution is -2.37. The Hall–Kier alpha value is -6.87. The summed E-state index contributed by atoms with van der Waals surface area (Å²) in [6.45, 7) is 0. The van der Waals surface area contributed by atoms with Crippen LogP contribution in [0, 0.1) is 5.92 Å². The van der Waals surface area contributed by atoms with E-state index in [1.165, 1.54) is 98.1 Å². The van der Waals surface area contributed by atoms with Crippen LogP contribution < -0.4 is 5.73 Å². The number of fused-ring (bicyclic) bond motifs is 11. The maximum Gasteiger partial charge on any atom is 0.0548 e. The quantitative estimate of drug-likeness (QED) is 0.142. The molecule has 0 bridgehead atoms. The van der Waals surface area contributed by atoms with E-state index in [0.717, 1.165) is 5.69 Å². The standard InChI is InChI=1S/C57H39NS/c58-40-34-32-37(33-35-40)36-28-30-38(31-29-36)41-21-12-25-50-55(41)46-20-8-9-23-48(46)57(50)49-24-10-11-27-52(49)59-56-47(22-13-26-51(56)57)54-44-18-6-4-16-42(44)53(39-14-2-1-3-15-39)43-17-5-7-19-45(43)54/h1-35,46,48H,58H2. The number of nitrogen functional groups attached to an aromatic ring is 1. The molecule has 9 aromatic rings. The van der Waals surface area contributed by atoms with Gasteiger partial charge in [-0.1, -0.05) is 206 Å². The topological polar surface area (TPSA) is 26.0 Å². The normalized spacial score (nSPS) is 18.4. The molecule has 9 aromatic carbocycles. The van der Waals surface area contributed by atoms with Crippen molar-refractivity contribution in [1.82, 2.24) is 0 Å². The molecule has 0 amide bonds. The van der Waals surface area contributed by atoms with Crippen molar-refractivity contribution >= 4 is 39.0 Å². The Kier molecular flexibility index (Phi) is 7.73. The Balaban J connectivity index is 1.12. The molecule has 1 nitrogen and oxygen atoms in total. The van der Waals surface area contributed by atoms with E-state index in [1.54, 1.807) is 0 Å². The van der Waals surface area contributed by atoms with Crippen LogP contribution in [0.15, 0.2) is 222 Å². The molecule has 3 atom stereocenters. The first kappa shape index (κ1) is 34.2. The minimum Gasteiger partial charge on any atom is -0.399 e. The number of allylic oxidation sites excluding steroid dienone is 4. The summed E-state index contributed by atoms with van der Waals surface area (Å²) >= 11 is 1.95. The van der Waals surface area contributed by atoms with Gasteiger partial charge in [0.1, 0.15) is 0 Å². The van der Waals surface area contributed by atoms with E-state index in [0.29, 0.717) is 0 Å². The van der Waals surface area contributed by atoms with Crippen LogP contribution in [0.4, 0.5) is 5.69 Å². The second kappa shape index (κ2) is 13.3. The Morgan fingerprint density at radius 3 is 1.66 bits per heavy atom. The lowest BCUT2D eigenvalue weighted by atomic mass is 9.62. The molecule has 0 saturated carbocycles. The van der Waals surface area contributed by atoms with Crippen LogP contribution in [-0.4, -0.2) is 0 Å². The molecule has 1 aliphatic heterocycles. The molecule has 3 unspecified atom stereocenters. The average molecular weight is 770 g/mol. The second-order valence-electron chi connectivity index (χ2n) is 16.1. The van der Waals surface area contributed by atoms with Gasteiger partial charge in [0.15, 0.2) is 0 Å². The van der Waals surface area contributed by atoms with E-state index in [-0.39, 0.29) is 11.8 Å². The fourth-order valence-electron chi connectivity index (χ4n) is 10.8. The van der Waals surface area contributed by atoms with Crippen LogP contribution in [0.2, 0.25) is 0 Å². The van der Waals surface area contributed by atoms with Gasteiger partial charge < -0.3 is 5.73 Å². The summed E-state index contributed by atoms with van der Waals surface area (Å²) in [6, 6.07) is 69.7. The van der Waals surface area contributed by atoms with Crippen LogP contribution in [0.1, 0.15) is 28.2 Å². The largest absolute Gasteiger partial charge is 0.399 e. The Morgan fingerprint density at radius 1 is 0.407 bits per heavy atom. The van der Waals surface area contributed by atoms with Crippen LogP contribution in [0.3, 0.4) is 0 Å². The average Bonchev–Trinajstić information content (AvgIpc) is 3.59. The Bertz CT molecular complexity index is 3140. The maximum atomic E-state index is 6.02. The van der Waals surface area contributed by atoms with Crippen molar-refractivity contribution in [2.24, 2.45) is 5.92 Å². The Labute approximate surface area is 349 Å². The lowest BCUT2D eigenvalue weighted by Gasteiger charge is -2.44. The van der Waals surface area contributed by atoms with E-state index >= 15 is 0 Å². The molecule has 1 spiro atoms. The van der Waals surface area contributed by atoms with Crippen LogP contribution >= 0.6 is 11.8 Å². The summed E-state index contributed by atoms with van der Waals surface area (Å²) in [5.41, 5.74) is 22.1. The first-order valence-corrected chi connectivity index (χ1v) is 21.4. The number of anilines is 1. The molecule has 2 N–H and O–H groups in total. The van der Waals surface area contributed by atoms with Crippen molar-refractivity contribution in [1.29, 1.82) is 0 Å². The molecule has 0 saturated heterocycles. The zero-order valence-corrected chi connectivity index (χ0v) is 33.2. The third kappa shape index (κ3) is 5.00. The molecule has 0 aromatic heterocycles. The molecule has 0 fully saturated rings. The van der Waals surface area contributed by atoms with Crippen molar-refractivity contribution in [3.8, 4) is 44.5 Å². The van der Waals surface area contributed by atoms with E-state index in [9.17, 15) is 0 Å². The highest BCUT2D eigenvalue weighted by Gasteiger charge is 2.56. The maximum absolute atomic E-state index is 6.02. The van der Waals surface area contributed by atoms with Crippen LogP contribution in [-0.2, 0) is 5.41 Å². The number of hydrogen-bond donors (Lipinski definition) is 1. The van der Waals surface area contributed by atoms with Gasteiger partial charge in [0, 0.05) is 27.3 Å². The number of rotatable bonds is 4. The van der Waals surface area contributed by atoms with E-state index < -0.39 is 5.41 Å². The molecule has 2 aliphatic carbocycles. The van der Waals surface area contributed by atoms with E-state index in [2.05, 4.69) is 200 Å². The SMILES string of the molecule is Nc1ccc(-c2ccc(-c3cccc4c3C3C=CC=CC3C43c4ccccc4Sc4c(-c5c6ccccc6c(-c6ccccc6)c6ccccc56)cccc43)cc2)cc1. The molecule has 59 heavy (non-hydrogen) atoms. The molecule has 3 aliphatic rings. The summed E-state index contributed by atoms with van der Waals surface area (Å²) in [6.07, 6.45) is 9.51. The number of hydrogen-bond acceptors (Lipinski definition) is 2. The van der Waals surface area contributed by atoms with Crippen molar-refractivity contribution in [3.05, 3.63) is 235 Å². The van der Waals surface area contributed by atoms with Crippen molar-refractivity contribution in [2.75, 3.05) is 5.73 Å². The lowest BCUT2D eigenvalue weighted by molar-refractivity contribution is 0.442. The number of nitrogens with two attached hydrogens (primary N) is 1. The Morgan fingerprint density at radius 2 is 0.949 bits per heavy atom. The van der Waals surface area contributed by atoms with Crippen molar-refractivity contribution in [2.45, 2.75) is 21.1 Å². The summed E-state index contributed by atoms with van der Waals surface area (Å²) in [5, 5.41) is 5.11. The third-order valence-electron chi connectivity index (χ3n) is 13.2. The predicted molar refractivity (Wildman–Crippen MR) is 249 cm³/mol. The number of benzene rings is 9. The van der Waals surface area contributed by atoms with Gasteiger partial charge in [-0.05, 0) is 107 Å². The van der Waals surface area contributed by atoms with Crippen LogP contribution in [0.25, 0.3) is 66.1 Å². The minimum atomic E-state index is -0.399. The first-order valence-electron chi connectivity index (χ1n) is 20.5. The van der Waals surface area contributed by atoms with Crippen molar-refractivity contribution < 1.29 is 0 Å². The third-order valence-corrected chi connectivity index (χ3v) is 14.4. The van der Waals surface area contributed by atoms with Crippen LogP contribution in [0.5, 0.6) is 0 Å². The first-order chi connectivity index (χ1) is 29.2. The highest BCUT2D eigenvalue weighted by molar-refractivity contribution is 7.99. The predicted octanol–water partition coefficient (Wildman–Crippen LogP) is 14.9. The summed E-state index contributed by atoms with van der Waals surface area (Å²) < 4.78 is 0. The van der Waals surface area contributed by atoms with Gasteiger partial charge in [-0.25, -0.2) is 0 Å². The molecule has 12 rings (SSSR count). The smallest absolute Gasteiger partial charge is 0.0548 e. The molecular formula is C57H39NS. The molecule has 2 heteroatoms. The monoisotopic (exact) mass is 769 g/mol. The summed E-state index contributed by atoms with van der Waals surface area (Å²) in [5.74, 6) is 0.408. The van der Waals surface area contributed by atoms with Gasteiger partial charge in [0.05, 0.1) is 5.41 Å².